The van der Waals surface area contributed by atoms with Crippen LogP contribution in [0.3, 0.4) is 0 Å². The van der Waals surface area contributed by atoms with E-state index in [-0.39, 0.29) is 6.61 Å². The Bertz CT molecular complexity index is 779. The van der Waals surface area contributed by atoms with Crippen LogP contribution in [0, 0.1) is 0 Å². The summed E-state index contributed by atoms with van der Waals surface area (Å²) in [5.74, 6) is -0.136. The van der Waals surface area contributed by atoms with Crippen LogP contribution >= 0.6 is 12.6 Å². The van der Waals surface area contributed by atoms with E-state index in [4.69, 9.17) is 4.74 Å². The minimum absolute atomic E-state index is 0.0979. The molecular weight excluding hydrogens is 357 g/mol. The van der Waals surface area contributed by atoms with Crippen molar-refractivity contribution in [1.82, 2.24) is 9.97 Å². The van der Waals surface area contributed by atoms with Gasteiger partial charge in [0.25, 0.3) is 6.30 Å². The molecular formula is C17H20FN5O2S. The number of nitrogens with one attached hydrogen (secondary N) is 1. The number of rotatable bonds is 6. The van der Waals surface area contributed by atoms with Crippen molar-refractivity contribution in [3.63, 3.8) is 0 Å². The standard InChI is InChI=1S/C17H20FN5O2S/c1-3-25-16(24)13(18)23-15-12(22(2)17(23)26)14(20-10-21-15)19-9-11-7-5-4-6-8-11/h4-8,10,13,17,26H,3,9H2,1-2H3,(H,19,20,21). The first-order valence-electron chi connectivity index (χ1n) is 8.17. The van der Waals surface area contributed by atoms with E-state index in [2.05, 4.69) is 27.9 Å². The van der Waals surface area contributed by atoms with E-state index >= 15 is 0 Å². The van der Waals surface area contributed by atoms with Crippen molar-refractivity contribution in [3.8, 4) is 0 Å². The van der Waals surface area contributed by atoms with Gasteiger partial charge in [0, 0.05) is 13.6 Å². The van der Waals surface area contributed by atoms with Crippen molar-refractivity contribution >= 4 is 35.9 Å². The van der Waals surface area contributed by atoms with E-state index in [0.717, 1.165) is 5.56 Å². The molecule has 0 fully saturated rings. The first kappa shape index (κ1) is 18.2. The fraction of sp³-hybridized carbons (Fsp3) is 0.353. The summed E-state index contributed by atoms with van der Waals surface area (Å²) >= 11 is 4.42. The van der Waals surface area contributed by atoms with Crippen molar-refractivity contribution in [1.29, 1.82) is 0 Å². The Morgan fingerprint density at radius 1 is 1.38 bits per heavy atom. The van der Waals surface area contributed by atoms with Crippen LogP contribution in [0.5, 0.6) is 0 Å². The van der Waals surface area contributed by atoms with E-state index < -0.39 is 17.8 Å². The van der Waals surface area contributed by atoms with Crippen LogP contribution < -0.4 is 15.1 Å². The van der Waals surface area contributed by atoms with Crippen molar-refractivity contribution in [2.75, 3.05) is 28.8 Å². The van der Waals surface area contributed by atoms with E-state index in [1.54, 1.807) is 18.9 Å². The van der Waals surface area contributed by atoms with Gasteiger partial charge in [0.05, 0.1) is 6.61 Å². The minimum atomic E-state index is -2.00. The SMILES string of the molecule is CCOC(=O)C(F)N1c2ncnc(NCc3ccccc3)c2N(C)C1S. The van der Waals surface area contributed by atoms with E-state index in [9.17, 15) is 9.18 Å². The Morgan fingerprint density at radius 3 is 2.81 bits per heavy atom. The number of thiol groups is 1. The molecule has 1 N–H and O–H groups in total. The summed E-state index contributed by atoms with van der Waals surface area (Å²) in [5, 5.41) is 3.23. The maximum absolute atomic E-state index is 14.7. The topological polar surface area (TPSA) is 70.6 Å². The van der Waals surface area contributed by atoms with Gasteiger partial charge in [-0.1, -0.05) is 30.3 Å². The van der Waals surface area contributed by atoms with Crippen LogP contribution in [-0.2, 0) is 16.1 Å². The summed E-state index contributed by atoms with van der Waals surface area (Å²) in [6, 6.07) is 9.83. The number of fused-ring (bicyclic) bond motifs is 1. The summed E-state index contributed by atoms with van der Waals surface area (Å²) in [6.45, 7) is 2.27. The summed E-state index contributed by atoms with van der Waals surface area (Å²) < 4.78 is 19.5. The molecule has 0 saturated heterocycles. The smallest absolute Gasteiger partial charge is 0.362 e. The lowest BCUT2D eigenvalue weighted by atomic mass is 10.2. The van der Waals surface area contributed by atoms with Crippen LogP contribution in [0.15, 0.2) is 36.7 Å². The van der Waals surface area contributed by atoms with Crippen LogP contribution in [0.25, 0.3) is 0 Å². The minimum Gasteiger partial charge on any atom is -0.462 e. The molecule has 138 valence electrons. The monoisotopic (exact) mass is 377 g/mol. The average molecular weight is 377 g/mol. The third kappa shape index (κ3) is 3.39. The number of halogens is 1. The van der Waals surface area contributed by atoms with Crippen molar-refractivity contribution < 1.29 is 13.9 Å². The number of alkyl halides is 1. The van der Waals surface area contributed by atoms with Gasteiger partial charge in [-0.15, -0.1) is 12.6 Å². The second-order valence-electron chi connectivity index (χ2n) is 5.69. The lowest BCUT2D eigenvalue weighted by Gasteiger charge is -2.27. The number of anilines is 3. The largest absolute Gasteiger partial charge is 0.462 e. The molecule has 0 bridgehead atoms. The lowest BCUT2D eigenvalue weighted by Crippen LogP contribution is -2.46. The van der Waals surface area contributed by atoms with Gasteiger partial charge in [-0.25, -0.2) is 19.2 Å². The molecule has 2 atom stereocenters. The van der Waals surface area contributed by atoms with Gasteiger partial charge in [-0.3, -0.25) is 4.90 Å². The Balaban J connectivity index is 1.87. The molecule has 0 amide bonds. The number of hydrogen-bond donors (Lipinski definition) is 2. The van der Waals surface area contributed by atoms with Gasteiger partial charge in [-0.2, -0.15) is 0 Å². The van der Waals surface area contributed by atoms with Crippen molar-refractivity contribution in [2.24, 2.45) is 0 Å². The second-order valence-corrected chi connectivity index (χ2v) is 6.15. The normalized spacial score (nSPS) is 17.0. The van der Waals surface area contributed by atoms with E-state index in [1.807, 2.05) is 30.3 Å². The van der Waals surface area contributed by atoms with Gasteiger partial charge in [0.15, 0.2) is 17.1 Å². The number of nitrogens with zero attached hydrogens (tertiary/aromatic N) is 4. The summed E-state index contributed by atoms with van der Waals surface area (Å²) in [4.78, 5) is 23.1. The quantitative estimate of drug-likeness (QED) is 0.455. The number of esters is 1. The molecule has 2 aromatic rings. The van der Waals surface area contributed by atoms with Gasteiger partial charge in [-0.05, 0) is 12.5 Å². The fourth-order valence-electron chi connectivity index (χ4n) is 2.75. The number of hydrogen-bond acceptors (Lipinski definition) is 8. The Morgan fingerprint density at radius 2 is 2.12 bits per heavy atom. The predicted octanol–water partition coefficient (Wildman–Crippen LogP) is 2.42. The van der Waals surface area contributed by atoms with Crippen LogP contribution in [-0.4, -0.2) is 41.4 Å². The maximum Gasteiger partial charge on any atom is 0.362 e. The van der Waals surface area contributed by atoms with Crippen molar-refractivity contribution in [3.05, 3.63) is 42.2 Å². The average Bonchev–Trinajstić information content (AvgIpc) is 2.92. The highest BCUT2D eigenvalue weighted by molar-refractivity contribution is 7.81. The number of carbonyl (C=O) groups is 1. The summed E-state index contributed by atoms with van der Waals surface area (Å²) in [5.41, 5.74) is 0.948. The van der Waals surface area contributed by atoms with E-state index in [0.29, 0.717) is 23.9 Å². The molecule has 0 saturated carbocycles. The Kier molecular flexibility index (Phi) is 5.46. The van der Waals surface area contributed by atoms with Crippen LogP contribution in [0.2, 0.25) is 0 Å². The molecule has 2 unspecified atom stereocenters. The molecule has 1 aliphatic rings. The molecule has 1 aliphatic heterocycles. The third-order valence-electron chi connectivity index (χ3n) is 4.02. The molecule has 2 heterocycles. The Labute approximate surface area is 156 Å². The van der Waals surface area contributed by atoms with E-state index in [1.165, 1.54) is 11.2 Å². The Hall–Kier alpha value is -2.55. The number of aromatic nitrogens is 2. The maximum atomic E-state index is 14.7. The fourth-order valence-corrected chi connectivity index (χ4v) is 3.10. The summed E-state index contributed by atoms with van der Waals surface area (Å²) in [7, 11) is 1.74. The number of benzene rings is 1. The molecule has 3 rings (SSSR count). The molecule has 9 heteroatoms. The van der Waals surface area contributed by atoms with Gasteiger partial charge >= 0.3 is 5.97 Å². The highest BCUT2D eigenvalue weighted by atomic mass is 32.1. The molecule has 1 aromatic heterocycles. The second kappa shape index (κ2) is 7.77. The molecule has 0 spiro atoms. The zero-order chi connectivity index (χ0) is 18.7. The first-order chi connectivity index (χ1) is 12.5. The zero-order valence-corrected chi connectivity index (χ0v) is 15.4. The molecule has 7 nitrogen and oxygen atoms in total. The van der Waals surface area contributed by atoms with Crippen molar-refractivity contribution in [2.45, 2.75) is 25.3 Å². The summed E-state index contributed by atoms with van der Waals surface area (Å²) in [6.07, 6.45) is -0.672. The molecule has 0 aliphatic carbocycles. The highest BCUT2D eigenvalue weighted by Gasteiger charge is 2.42. The number of ether oxygens (including phenoxy) is 1. The van der Waals surface area contributed by atoms with Gasteiger partial charge in [0.1, 0.15) is 12.0 Å². The third-order valence-corrected chi connectivity index (χ3v) is 4.62. The highest BCUT2D eigenvalue weighted by Crippen LogP contribution is 2.43. The zero-order valence-electron chi connectivity index (χ0n) is 14.5. The lowest BCUT2D eigenvalue weighted by molar-refractivity contribution is -0.149. The number of carbonyl (C=O) groups excluding carboxylic acids is 1. The van der Waals surface area contributed by atoms with Crippen LogP contribution in [0.4, 0.5) is 21.7 Å². The van der Waals surface area contributed by atoms with Gasteiger partial charge < -0.3 is 15.0 Å². The first-order valence-corrected chi connectivity index (χ1v) is 8.69. The van der Waals surface area contributed by atoms with Crippen LogP contribution in [0.1, 0.15) is 12.5 Å². The molecule has 0 radical (unpaired) electrons. The molecule has 1 aromatic carbocycles. The predicted molar refractivity (Wildman–Crippen MR) is 101 cm³/mol. The molecule has 26 heavy (non-hydrogen) atoms. The van der Waals surface area contributed by atoms with Gasteiger partial charge in [0.2, 0.25) is 0 Å².